The number of thiophene rings is 1. The fourth-order valence-corrected chi connectivity index (χ4v) is 3.24. The molecule has 1 aliphatic rings. The molecule has 2 rings (SSSR count). The number of urea groups is 1. The molecule has 0 bridgehead atoms. The van der Waals surface area contributed by atoms with Crippen molar-refractivity contribution in [2.45, 2.75) is 44.7 Å². The van der Waals surface area contributed by atoms with E-state index in [9.17, 15) is 14.7 Å². The lowest BCUT2D eigenvalue weighted by Gasteiger charge is -2.27. The van der Waals surface area contributed by atoms with Crippen molar-refractivity contribution in [2.24, 2.45) is 5.92 Å². The van der Waals surface area contributed by atoms with E-state index in [-0.39, 0.29) is 6.04 Å². The lowest BCUT2D eigenvalue weighted by Crippen LogP contribution is -2.46. The third-order valence-corrected chi connectivity index (χ3v) is 4.64. The first-order valence-corrected chi connectivity index (χ1v) is 7.77. The summed E-state index contributed by atoms with van der Waals surface area (Å²) in [6.07, 6.45) is 4.15. The normalized spacial score (nSPS) is 23.9. The summed E-state index contributed by atoms with van der Waals surface area (Å²) in [5, 5.41) is 16.4. The lowest BCUT2D eigenvalue weighted by atomic mass is 9.87. The van der Waals surface area contributed by atoms with Gasteiger partial charge in [-0.2, -0.15) is 0 Å². The SMILES string of the molecule is CC1CCC(NC(=O)NC(C(=O)O)c2cccs2)CC1. The molecular formula is C14H20N2O3S. The van der Waals surface area contributed by atoms with Gasteiger partial charge in [0.1, 0.15) is 0 Å². The molecule has 1 unspecified atom stereocenters. The molecule has 110 valence electrons. The lowest BCUT2D eigenvalue weighted by molar-refractivity contribution is -0.139. The van der Waals surface area contributed by atoms with E-state index in [0.29, 0.717) is 10.8 Å². The quantitative estimate of drug-likeness (QED) is 0.799. The van der Waals surface area contributed by atoms with E-state index in [1.54, 1.807) is 17.5 Å². The molecule has 0 aromatic carbocycles. The van der Waals surface area contributed by atoms with Crippen LogP contribution in [-0.2, 0) is 4.79 Å². The molecular weight excluding hydrogens is 276 g/mol. The summed E-state index contributed by atoms with van der Waals surface area (Å²) in [5.41, 5.74) is 0. The van der Waals surface area contributed by atoms with Gasteiger partial charge in [-0.3, -0.25) is 0 Å². The highest BCUT2D eigenvalue weighted by Gasteiger charge is 2.25. The third kappa shape index (κ3) is 3.96. The summed E-state index contributed by atoms with van der Waals surface area (Å²) >= 11 is 1.32. The number of carbonyl (C=O) groups is 2. The van der Waals surface area contributed by atoms with Crippen LogP contribution in [0.4, 0.5) is 4.79 Å². The highest BCUT2D eigenvalue weighted by atomic mass is 32.1. The monoisotopic (exact) mass is 296 g/mol. The molecule has 1 saturated carbocycles. The van der Waals surface area contributed by atoms with Gasteiger partial charge in [-0.05, 0) is 43.0 Å². The Morgan fingerprint density at radius 2 is 2.05 bits per heavy atom. The molecule has 1 atom stereocenters. The van der Waals surface area contributed by atoms with Gasteiger partial charge in [0.15, 0.2) is 6.04 Å². The zero-order valence-corrected chi connectivity index (χ0v) is 12.3. The molecule has 1 aromatic rings. The Bertz CT molecular complexity index is 453. The summed E-state index contributed by atoms with van der Waals surface area (Å²) < 4.78 is 0. The van der Waals surface area contributed by atoms with Gasteiger partial charge in [0.05, 0.1) is 0 Å². The van der Waals surface area contributed by atoms with E-state index < -0.39 is 18.0 Å². The number of hydrogen-bond acceptors (Lipinski definition) is 3. The molecule has 1 fully saturated rings. The first kappa shape index (κ1) is 14.8. The first-order valence-electron chi connectivity index (χ1n) is 6.89. The van der Waals surface area contributed by atoms with Crippen molar-refractivity contribution in [3.63, 3.8) is 0 Å². The zero-order valence-electron chi connectivity index (χ0n) is 11.5. The fourth-order valence-electron chi connectivity index (χ4n) is 2.47. The molecule has 3 N–H and O–H groups in total. The Balaban J connectivity index is 1.87. The van der Waals surface area contributed by atoms with Gasteiger partial charge >= 0.3 is 12.0 Å². The highest BCUT2D eigenvalue weighted by molar-refractivity contribution is 7.10. The van der Waals surface area contributed by atoms with Crippen LogP contribution in [0.2, 0.25) is 0 Å². The minimum atomic E-state index is -1.04. The van der Waals surface area contributed by atoms with Crippen LogP contribution in [-0.4, -0.2) is 23.1 Å². The molecule has 0 aliphatic heterocycles. The third-order valence-electron chi connectivity index (χ3n) is 3.70. The van der Waals surface area contributed by atoms with E-state index >= 15 is 0 Å². The highest BCUT2D eigenvalue weighted by Crippen LogP contribution is 2.23. The second-order valence-corrected chi connectivity index (χ2v) is 6.34. The van der Waals surface area contributed by atoms with Gasteiger partial charge in [-0.1, -0.05) is 13.0 Å². The van der Waals surface area contributed by atoms with Gasteiger partial charge in [0, 0.05) is 10.9 Å². The number of carboxylic acid groups (broad SMARTS) is 1. The van der Waals surface area contributed by atoms with Crippen LogP contribution in [0, 0.1) is 5.92 Å². The summed E-state index contributed by atoms with van der Waals surface area (Å²) in [7, 11) is 0. The maximum absolute atomic E-state index is 11.9. The van der Waals surface area contributed by atoms with Gasteiger partial charge in [-0.25, -0.2) is 9.59 Å². The number of nitrogens with one attached hydrogen (secondary N) is 2. The molecule has 1 aromatic heterocycles. The molecule has 0 radical (unpaired) electrons. The van der Waals surface area contributed by atoms with Crippen molar-refractivity contribution in [1.82, 2.24) is 10.6 Å². The maximum Gasteiger partial charge on any atom is 0.331 e. The van der Waals surface area contributed by atoms with E-state index in [4.69, 9.17) is 0 Å². The minimum absolute atomic E-state index is 0.156. The Hall–Kier alpha value is -1.56. The molecule has 1 heterocycles. The Kier molecular flexibility index (Phi) is 5.00. The van der Waals surface area contributed by atoms with Gasteiger partial charge in [0.2, 0.25) is 0 Å². The Morgan fingerprint density at radius 3 is 2.60 bits per heavy atom. The molecule has 5 nitrogen and oxygen atoms in total. The number of carboxylic acids is 1. The van der Waals surface area contributed by atoms with Crippen LogP contribution in [0.15, 0.2) is 17.5 Å². The topological polar surface area (TPSA) is 78.4 Å². The average molecular weight is 296 g/mol. The van der Waals surface area contributed by atoms with Crippen LogP contribution in [0.3, 0.4) is 0 Å². The first-order chi connectivity index (χ1) is 9.56. The fraction of sp³-hybridized carbons (Fsp3) is 0.571. The van der Waals surface area contributed by atoms with Gasteiger partial charge in [-0.15, -0.1) is 11.3 Å². The number of amides is 2. The van der Waals surface area contributed by atoms with Crippen LogP contribution >= 0.6 is 11.3 Å². The molecule has 6 heteroatoms. The molecule has 20 heavy (non-hydrogen) atoms. The summed E-state index contributed by atoms with van der Waals surface area (Å²) in [4.78, 5) is 23.8. The predicted molar refractivity (Wildman–Crippen MR) is 77.8 cm³/mol. The van der Waals surface area contributed by atoms with Crippen LogP contribution in [0.1, 0.15) is 43.5 Å². The van der Waals surface area contributed by atoms with Crippen molar-refractivity contribution in [3.8, 4) is 0 Å². The van der Waals surface area contributed by atoms with E-state index in [1.165, 1.54) is 11.3 Å². The van der Waals surface area contributed by atoms with Crippen LogP contribution < -0.4 is 10.6 Å². The number of hydrogen-bond donors (Lipinski definition) is 3. The Morgan fingerprint density at radius 1 is 1.35 bits per heavy atom. The van der Waals surface area contributed by atoms with Crippen molar-refractivity contribution in [2.75, 3.05) is 0 Å². The van der Waals surface area contributed by atoms with Gasteiger partial charge in [0.25, 0.3) is 0 Å². The largest absolute Gasteiger partial charge is 0.479 e. The Labute approximate surface area is 122 Å². The van der Waals surface area contributed by atoms with Crippen LogP contribution in [0.5, 0.6) is 0 Å². The van der Waals surface area contributed by atoms with Crippen molar-refractivity contribution < 1.29 is 14.7 Å². The minimum Gasteiger partial charge on any atom is -0.479 e. The second-order valence-electron chi connectivity index (χ2n) is 5.36. The standard InChI is InChI=1S/C14H20N2O3S/c1-9-4-6-10(7-5-9)15-14(19)16-12(13(17)18)11-3-2-8-20-11/h2-3,8-10,12H,4-7H2,1H3,(H,17,18)(H2,15,16,19). The molecule has 2 amide bonds. The van der Waals surface area contributed by atoms with E-state index in [0.717, 1.165) is 25.7 Å². The predicted octanol–water partition coefficient (Wildman–Crippen LogP) is 2.75. The van der Waals surface area contributed by atoms with E-state index in [2.05, 4.69) is 17.6 Å². The second kappa shape index (κ2) is 6.74. The number of rotatable bonds is 4. The van der Waals surface area contributed by atoms with E-state index in [1.807, 2.05) is 0 Å². The molecule has 0 saturated heterocycles. The maximum atomic E-state index is 11.9. The number of aliphatic carboxylic acids is 1. The summed E-state index contributed by atoms with van der Waals surface area (Å²) in [6.45, 7) is 2.22. The summed E-state index contributed by atoms with van der Waals surface area (Å²) in [5.74, 6) is -0.325. The van der Waals surface area contributed by atoms with Crippen LogP contribution in [0.25, 0.3) is 0 Å². The zero-order chi connectivity index (χ0) is 14.5. The number of carbonyl (C=O) groups excluding carboxylic acids is 1. The molecule has 0 spiro atoms. The smallest absolute Gasteiger partial charge is 0.331 e. The van der Waals surface area contributed by atoms with Crippen molar-refractivity contribution >= 4 is 23.3 Å². The summed E-state index contributed by atoms with van der Waals surface area (Å²) in [6, 6.07) is 2.27. The average Bonchev–Trinajstić information content (AvgIpc) is 2.92. The van der Waals surface area contributed by atoms with Gasteiger partial charge < -0.3 is 15.7 Å². The van der Waals surface area contributed by atoms with Crippen molar-refractivity contribution in [3.05, 3.63) is 22.4 Å². The molecule has 1 aliphatic carbocycles. The van der Waals surface area contributed by atoms with Crippen molar-refractivity contribution in [1.29, 1.82) is 0 Å².